The topological polar surface area (TPSA) is 54.6 Å². The standard InChI is InChI=1S/C13H17NO3/c15-7-9-17-8-6-14-5-4-11-2-1-3-12(10-16)13(11)14/h1-5,15-16H,6-10H2. The average molecular weight is 235 g/mol. The van der Waals surface area contributed by atoms with Crippen molar-refractivity contribution in [3.05, 3.63) is 36.0 Å². The lowest BCUT2D eigenvalue weighted by Crippen LogP contribution is -2.08. The van der Waals surface area contributed by atoms with E-state index in [9.17, 15) is 5.11 Å². The molecule has 0 unspecified atom stereocenters. The predicted molar refractivity (Wildman–Crippen MR) is 65.8 cm³/mol. The number of nitrogens with zero attached hydrogens (tertiary/aromatic N) is 1. The van der Waals surface area contributed by atoms with E-state index in [2.05, 4.69) is 4.57 Å². The number of hydrogen-bond donors (Lipinski definition) is 2. The highest BCUT2D eigenvalue weighted by Gasteiger charge is 2.05. The van der Waals surface area contributed by atoms with Crippen LogP contribution in [0.15, 0.2) is 30.5 Å². The van der Waals surface area contributed by atoms with Gasteiger partial charge in [-0.3, -0.25) is 0 Å². The molecule has 1 aromatic carbocycles. The number of aliphatic hydroxyl groups is 2. The fraction of sp³-hybridized carbons (Fsp3) is 0.385. The average Bonchev–Trinajstić information content (AvgIpc) is 2.78. The van der Waals surface area contributed by atoms with Crippen LogP contribution in [-0.2, 0) is 17.9 Å². The summed E-state index contributed by atoms with van der Waals surface area (Å²) in [6, 6.07) is 7.92. The zero-order valence-electron chi connectivity index (χ0n) is 9.67. The van der Waals surface area contributed by atoms with Crippen LogP contribution in [-0.4, -0.2) is 34.6 Å². The van der Waals surface area contributed by atoms with Crippen LogP contribution in [0, 0.1) is 0 Å². The number of aliphatic hydroxyl groups excluding tert-OH is 2. The van der Waals surface area contributed by atoms with E-state index in [1.54, 1.807) is 0 Å². The van der Waals surface area contributed by atoms with Gasteiger partial charge in [0.25, 0.3) is 0 Å². The van der Waals surface area contributed by atoms with Crippen LogP contribution in [0.5, 0.6) is 0 Å². The first-order chi connectivity index (χ1) is 8.36. The largest absolute Gasteiger partial charge is 0.394 e. The normalized spacial score (nSPS) is 11.2. The van der Waals surface area contributed by atoms with Crippen molar-refractivity contribution in [2.75, 3.05) is 19.8 Å². The minimum atomic E-state index is 0.0405. The first-order valence-corrected chi connectivity index (χ1v) is 5.73. The van der Waals surface area contributed by atoms with Gasteiger partial charge in [-0.15, -0.1) is 0 Å². The molecule has 17 heavy (non-hydrogen) atoms. The Kier molecular flexibility index (Phi) is 4.14. The molecule has 0 atom stereocenters. The molecule has 0 radical (unpaired) electrons. The van der Waals surface area contributed by atoms with Crippen LogP contribution >= 0.6 is 0 Å². The lowest BCUT2D eigenvalue weighted by atomic mass is 10.1. The molecule has 0 bridgehead atoms. The second-order valence-electron chi connectivity index (χ2n) is 3.86. The van der Waals surface area contributed by atoms with Crippen LogP contribution < -0.4 is 0 Å². The SMILES string of the molecule is OCCOCCn1ccc2cccc(CO)c21. The summed E-state index contributed by atoms with van der Waals surface area (Å²) in [6.45, 7) is 1.74. The van der Waals surface area contributed by atoms with Gasteiger partial charge in [-0.25, -0.2) is 0 Å². The minimum Gasteiger partial charge on any atom is -0.394 e. The van der Waals surface area contributed by atoms with Gasteiger partial charge in [0, 0.05) is 18.3 Å². The van der Waals surface area contributed by atoms with E-state index >= 15 is 0 Å². The summed E-state index contributed by atoms with van der Waals surface area (Å²) < 4.78 is 7.31. The number of rotatable bonds is 6. The molecule has 0 aliphatic carbocycles. The third kappa shape index (κ3) is 2.66. The number of para-hydroxylation sites is 1. The first kappa shape index (κ1) is 12.1. The molecule has 4 nitrogen and oxygen atoms in total. The Morgan fingerprint density at radius 1 is 1.12 bits per heavy atom. The molecule has 1 aromatic heterocycles. The molecule has 4 heteroatoms. The maximum atomic E-state index is 9.31. The van der Waals surface area contributed by atoms with E-state index in [-0.39, 0.29) is 13.2 Å². The number of ether oxygens (including phenoxy) is 1. The zero-order chi connectivity index (χ0) is 12.1. The van der Waals surface area contributed by atoms with E-state index in [0.717, 1.165) is 23.0 Å². The van der Waals surface area contributed by atoms with Crippen LogP contribution in [0.1, 0.15) is 5.56 Å². The molecule has 0 spiro atoms. The molecule has 0 aliphatic rings. The molecule has 0 amide bonds. The Morgan fingerprint density at radius 3 is 2.76 bits per heavy atom. The van der Waals surface area contributed by atoms with Gasteiger partial charge < -0.3 is 19.5 Å². The van der Waals surface area contributed by atoms with Crippen molar-refractivity contribution in [3.8, 4) is 0 Å². The van der Waals surface area contributed by atoms with Crippen LogP contribution in [0.4, 0.5) is 0 Å². The fourth-order valence-corrected chi connectivity index (χ4v) is 1.98. The molecule has 2 aromatic rings. The van der Waals surface area contributed by atoms with Gasteiger partial charge >= 0.3 is 0 Å². The summed E-state index contributed by atoms with van der Waals surface area (Å²) in [4.78, 5) is 0. The second kappa shape index (κ2) is 5.82. The van der Waals surface area contributed by atoms with Crippen molar-refractivity contribution < 1.29 is 14.9 Å². The number of aromatic nitrogens is 1. The van der Waals surface area contributed by atoms with E-state index < -0.39 is 0 Å². The van der Waals surface area contributed by atoms with Crippen molar-refractivity contribution in [1.29, 1.82) is 0 Å². The Labute approximate surface area is 100 Å². The van der Waals surface area contributed by atoms with Gasteiger partial charge in [0.2, 0.25) is 0 Å². The molecule has 92 valence electrons. The number of hydrogen-bond acceptors (Lipinski definition) is 3. The highest BCUT2D eigenvalue weighted by Crippen LogP contribution is 2.20. The lowest BCUT2D eigenvalue weighted by Gasteiger charge is -2.08. The Morgan fingerprint density at radius 2 is 2.00 bits per heavy atom. The summed E-state index contributed by atoms with van der Waals surface area (Å²) in [6.07, 6.45) is 1.99. The molecule has 0 saturated carbocycles. The van der Waals surface area contributed by atoms with Crippen molar-refractivity contribution in [1.82, 2.24) is 4.57 Å². The maximum absolute atomic E-state index is 9.31. The van der Waals surface area contributed by atoms with Crippen molar-refractivity contribution in [2.24, 2.45) is 0 Å². The predicted octanol–water partition coefficient (Wildman–Crippen LogP) is 1.14. The molecule has 2 N–H and O–H groups in total. The van der Waals surface area contributed by atoms with E-state index in [1.807, 2.05) is 30.5 Å². The lowest BCUT2D eigenvalue weighted by molar-refractivity contribution is 0.0875. The van der Waals surface area contributed by atoms with E-state index in [4.69, 9.17) is 9.84 Å². The van der Waals surface area contributed by atoms with Gasteiger partial charge in [-0.05, 0) is 11.5 Å². The third-order valence-corrected chi connectivity index (χ3v) is 2.75. The summed E-state index contributed by atoms with van der Waals surface area (Å²) >= 11 is 0. The quantitative estimate of drug-likeness (QED) is 0.738. The molecule has 0 fully saturated rings. The van der Waals surface area contributed by atoms with Gasteiger partial charge in [-0.1, -0.05) is 18.2 Å². The minimum absolute atomic E-state index is 0.0405. The molecule has 0 saturated heterocycles. The van der Waals surface area contributed by atoms with Crippen molar-refractivity contribution in [2.45, 2.75) is 13.2 Å². The van der Waals surface area contributed by atoms with Crippen LogP contribution in [0.3, 0.4) is 0 Å². The number of benzene rings is 1. The smallest absolute Gasteiger partial charge is 0.0702 e. The summed E-state index contributed by atoms with van der Waals surface area (Å²) in [5, 5.41) is 19.0. The number of fused-ring (bicyclic) bond motifs is 1. The molecule has 1 heterocycles. The molecule has 0 aliphatic heterocycles. The Bertz CT molecular complexity index is 478. The van der Waals surface area contributed by atoms with Gasteiger partial charge in [0.15, 0.2) is 0 Å². The fourth-order valence-electron chi connectivity index (χ4n) is 1.98. The van der Waals surface area contributed by atoms with Crippen molar-refractivity contribution in [3.63, 3.8) is 0 Å². The van der Waals surface area contributed by atoms with E-state index in [1.165, 1.54) is 0 Å². The summed E-state index contributed by atoms with van der Waals surface area (Å²) in [7, 11) is 0. The highest BCUT2D eigenvalue weighted by atomic mass is 16.5. The zero-order valence-corrected chi connectivity index (χ0v) is 9.67. The molecular weight excluding hydrogens is 218 g/mol. The van der Waals surface area contributed by atoms with E-state index in [0.29, 0.717) is 13.2 Å². The summed E-state index contributed by atoms with van der Waals surface area (Å²) in [5.74, 6) is 0. The third-order valence-electron chi connectivity index (χ3n) is 2.75. The Balaban J connectivity index is 2.16. The summed E-state index contributed by atoms with van der Waals surface area (Å²) in [5.41, 5.74) is 1.98. The monoisotopic (exact) mass is 235 g/mol. The highest BCUT2D eigenvalue weighted by molar-refractivity contribution is 5.83. The first-order valence-electron chi connectivity index (χ1n) is 5.73. The van der Waals surface area contributed by atoms with Crippen LogP contribution in [0.25, 0.3) is 10.9 Å². The molecular formula is C13H17NO3. The van der Waals surface area contributed by atoms with Crippen LogP contribution in [0.2, 0.25) is 0 Å². The van der Waals surface area contributed by atoms with Gasteiger partial charge in [-0.2, -0.15) is 0 Å². The maximum Gasteiger partial charge on any atom is 0.0702 e. The van der Waals surface area contributed by atoms with Crippen molar-refractivity contribution >= 4 is 10.9 Å². The van der Waals surface area contributed by atoms with Gasteiger partial charge in [0.1, 0.15) is 0 Å². The Hall–Kier alpha value is -1.36. The second-order valence-corrected chi connectivity index (χ2v) is 3.86. The van der Waals surface area contributed by atoms with Gasteiger partial charge in [0.05, 0.1) is 31.9 Å². The molecule has 2 rings (SSSR count).